The van der Waals surface area contributed by atoms with E-state index in [0.29, 0.717) is 18.5 Å². The largest absolute Gasteiger partial charge is 0.310 e. The minimum absolute atomic E-state index is 0.0277. The zero-order chi connectivity index (χ0) is 14.5. The average Bonchev–Trinajstić information content (AvgIpc) is 2.44. The van der Waals surface area contributed by atoms with Crippen LogP contribution in [0.1, 0.15) is 24.1 Å². The van der Waals surface area contributed by atoms with Crippen molar-refractivity contribution in [2.45, 2.75) is 19.4 Å². The molecule has 0 radical (unpaired) electrons. The predicted octanol–water partition coefficient (Wildman–Crippen LogP) is 4.51. The summed E-state index contributed by atoms with van der Waals surface area (Å²) >= 11 is 5.76. The normalized spacial score (nSPS) is 12.4. The Hall–Kier alpha value is -1.45. The molecule has 106 valence electrons. The second-order valence-corrected chi connectivity index (χ2v) is 5.10. The van der Waals surface area contributed by atoms with Crippen molar-refractivity contribution in [3.05, 3.63) is 70.2 Å². The van der Waals surface area contributed by atoms with Crippen LogP contribution in [0.2, 0.25) is 5.02 Å². The van der Waals surface area contributed by atoms with Crippen LogP contribution in [-0.2, 0) is 6.42 Å². The summed E-state index contributed by atoms with van der Waals surface area (Å²) in [4.78, 5) is 0. The molecule has 1 N–H and O–H groups in total. The summed E-state index contributed by atoms with van der Waals surface area (Å²) < 4.78 is 26.5. The van der Waals surface area contributed by atoms with Gasteiger partial charge in [0.15, 0.2) is 0 Å². The molecule has 2 aromatic rings. The van der Waals surface area contributed by atoms with Gasteiger partial charge in [0.2, 0.25) is 0 Å². The van der Waals surface area contributed by atoms with Gasteiger partial charge in [-0.15, -0.1) is 0 Å². The lowest BCUT2D eigenvalue weighted by Crippen LogP contribution is -2.21. The molecule has 0 aliphatic carbocycles. The van der Waals surface area contributed by atoms with E-state index in [4.69, 9.17) is 11.6 Å². The van der Waals surface area contributed by atoms with E-state index >= 15 is 0 Å². The smallest absolute Gasteiger partial charge is 0.141 e. The minimum atomic E-state index is -0.422. The first-order valence-electron chi connectivity index (χ1n) is 6.49. The second-order valence-electron chi connectivity index (χ2n) is 4.69. The third-order valence-corrected chi connectivity index (χ3v) is 3.54. The number of benzene rings is 2. The molecule has 0 aliphatic heterocycles. The molecular weight excluding hydrogens is 280 g/mol. The van der Waals surface area contributed by atoms with E-state index in [0.717, 1.165) is 5.56 Å². The molecule has 1 nitrogen and oxygen atoms in total. The molecule has 20 heavy (non-hydrogen) atoms. The summed E-state index contributed by atoms with van der Waals surface area (Å²) in [5, 5.41) is 3.39. The van der Waals surface area contributed by atoms with Gasteiger partial charge in [0.1, 0.15) is 11.6 Å². The molecule has 0 heterocycles. The van der Waals surface area contributed by atoms with Gasteiger partial charge in [0, 0.05) is 6.04 Å². The number of halogens is 3. The van der Waals surface area contributed by atoms with Crippen molar-refractivity contribution in [2.24, 2.45) is 0 Å². The molecule has 2 rings (SSSR count). The van der Waals surface area contributed by atoms with Crippen molar-refractivity contribution in [1.82, 2.24) is 5.32 Å². The van der Waals surface area contributed by atoms with Gasteiger partial charge in [-0.25, -0.2) is 8.78 Å². The Morgan fingerprint density at radius 2 is 1.85 bits per heavy atom. The zero-order valence-electron chi connectivity index (χ0n) is 11.2. The highest BCUT2D eigenvalue weighted by atomic mass is 35.5. The fraction of sp³-hybridized carbons (Fsp3) is 0.250. The highest BCUT2D eigenvalue weighted by Crippen LogP contribution is 2.20. The minimum Gasteiger partial charge on any atom is -0.310 e. The topological polar surface area (TPSA) is 12.0 Å². The number of hydrogen-bond donors (Lipinski definition) is 1. The fourth-order valence-electron chi connectivity index (χ4n) is 2.02. The Kier molecular flexibility index (Phi) is 5.10. The maximum absolute atomic E-state index is 13.4. The number of hydrogen-bond acceptors (Lipinski definition) is 1. The van der Waals surface area contributed by atoms with Gasteiger partial charge in [0.25, 0.3) is 0 Å². The Morgan fingerprint density at radius 1 is 1.10 bits per heavy atom. The molecule has 0 amide bonds. The van der Waals surface area contributed by atoms with Crippen LogP contribution in [0.4, 0.5) is 8.78 Å². The van der Waals surface area contributed by atoms with Gasteiger partial charge in [-0.1, -0.05) is 35.9 Å². The van der Waals surface area contributed by atoms with Crippen LogP contribution >= 0.6 is 11.6 Å². The molecule has 1 atom stereocenters. The molecule has 1 unspecified atom stereocenters. The molecular formula is C16H16ClF2N. The molecule has 0 spiro atoms. The standard InChI is InChI=1S/C16H16ClF2N/c1-11(13-6-7-16(19)14(17)10-13)20-9-8-12-4-2-3-5-15(12)18/h2-7,10-11,20H,8-9H2,1H3. The quantitative estimate of drug-likeness (QED) is 0.855. The fourth-order valence-corrected chi connectivity index (χ4v) is 2.21. The van der Waals surface area contributed by atoms with E-state index in [1.165, 1.54) is 12.1 Å². The van der Waals surface area contributed by atoms with Gasteiger partial charge in [-0.2, -0.15) is 0 Å². The lowest BCUT2D eigenvalue weighted by atomic mass is 10.1. The van der Waals surface area contributed by atoms with Crippen molar-refractivity contribution in [2.75, 3.05) is 6.54 Å². The maximum Gasteiger partial charge on any atom is 0.141 e. The first-order chi connectivity index (χ1) is 9.58. The first kappa shape index (κ1) is 14.9. The van der Waals surface area contributed by atoms with Crippen LogP contribution < -0.4 is 5.32 Å². The van der Waals surface area contributed by atoms with E-state index in [2.05, 4.69) is 5.32 Å². The first-order valence-corrected chi connectivity index (χ1v) is 6.87. The molecule has 0 bridgehead atoms. The van der Waals surface area contributed by atoms with Gasteiger partial charge >= 0.3 is 0 Å². The molecule has 0 aromatic heterocycles. The van der Waals surface area contributed by atoms with Crippen LogP contribution in [0.5, 0.6) is 0 Å². The Balaban J connectivity index is 1.90. The summed E-state index contributed by atoms with van der Waals surface area (Å²) in [6.45, 7) is 2.60. The number of nitrogens with one attached hydrogen (secondary N) is 1. The monoisotopic (exact) mass is 295 g/mol. The summed E-state index contributed by atoms with van der Waals surface area (Å²) in [5.41, 5.74) is 1.59. The van der Waals surface area contributed by atoms with Crippen LogP contribution in [0.15, 0.2) is 42.5 Å². The molecule has 0 aliphatic rings. The summed E-state index contributed by atoms with van der Waals surface area (Å²) in [5.74, 6) is -0.610. The Bertz CT molecular complexity index is 586. The van der Waals surface area contributed by atoms with Crippen LogP contribution in [0.3, 0.4) is 0 Å². The van der Waals surface area contributed by atoms with E-state index < -0.39 is 5.82 Å². The Morgan fingerprint density at radius 3 is 2.55 bits per heavy atom. The van der Waals surface area contributed by atoms with E-state index in [9.17, 15) is 8.78 Å². The number of rotatable bonds is 5. The highest BCUT2D eigenvalue weighted by Gasteiger charge is 2.08. The summed E-state index contributed by atoms with van der Waals surface area (Å²) in [7, 11) is 0. The second kappa shape index (κ2) is 6.82. The molecule has 2 aromatic carbocycles. The van der Waals surface area contributed by atoms with Crippen molar-refractivity contribution in [3.8, 4) is 0 Å². The van der Waals surface area contributed by atoms with Crippen molar-refractivity contribution >= 4 is 11.6 Å². The molecule has 0 saturated carbocycles. The van der Waals surface area contributed by atoms with Crippen molar-refractivity contribution in [1.29, 1.82) is 0 Å². The average molecular weight is 296 g/mol. The van der Waals surface area contributed by atoms with Gasteiger partial charge < -0.3 is 5.32 Å². The SMILES string of the molecule is CC(NCCc1ccccc1F)c1ccc(F)c(Cl)c1. The lowest BCUT2D eigenvalue weighted by Gasteiger charge is -2.15. The van der Waals surface area contributed by atoms with E-state index in [1.54, 1.807) is 24.3 Å². The van der Waals surface area contributed by atoms with Crippen molar-refractivity contribution in [3.63, 3.8) is 0 Å². The van der Waals surface area contributed by atoms with Gasteiger partial charge in [-0.3, -0.25) is 0 Å². The summed E-state index contributed by atoms with van der Waals surface area (Å²) in [6.07, 6.45) is 0.603. The molecule has 0 saturated heterocycles. The third-order valence-electron chi connectivity index (χ3n) is 3.25. The molecule has 4 heteroatoms. The Labute approximate surface area is 122 Å². The summed E-state index contributed by atoms with van der Waals surface area (Å²) in [6, 6.07) is 11.4. The maximum atomic E-state index is 13.4. The highest BCUT2D eigenvalue weighted by molar-refractivity contribution is 6.30. The predicted molar refractivity (Wildman–Crippen MR) is 77.9 cm³/mol. The van der Waals surface area contributed by atoms with Gasteiger partial charge in [-0.05, 0) is 49.2 Å². The van der Waals surface area contributed by atoms with Gasteiger partial charge in [0.05, 0.1) is 5.02 Å². The van der Waals surface area contributed by atoms with Crippen LogP contribution in [-0.4, -0.2) is 6.54 Å². The molecule has 0 fully saturated rings. The zero-order valence-corrected chi connectivity index (χ0v) is 11.9. The van der Waals surface area contributed by atoms with E-state index in [-0.39, 0.29) is 16.9 Å². The van der Waals surface area contributed by atoms with Crippen LogP contribution in [0.25, 0.3) is 0 Å². The van der Waals surface area contributed by atoms with E-state index in [1.807, 2.05) is 13.0 Å². The lowest BCUT2D eigenvalue weighted by molar-refractivity contribution is 0.557. The third kappa shape index (κ3) is 3.78. The van der Waals surface area contributed by atoms with Crippen LogP contribution in [0, 0.1) is 11.6 Å². The van der Waals surface area contributed by atoms with Crippen molar-refractivity contribution < 1.29 is 8.78 Å².